The number of rotatable bonds is 36. The van der Waals surface area contributed by atoms with Crippen molar-refractivity contribution in [2.75, 3.05) is 81.5 Å². The maximum Gasteiger partial charge on any atom is 0.310 e. The molecule has 4 aromatic heterocycles. The molecule has 6 aromatic rings. The zero-order valence-electron chi connectivity index (χ0n) is 76.3. The summed E-state index contributed by atoms with van der Waals surface area (Å²) in [5.74, 6) is 1.66. The monoisotopic (exact) mass is 1790 g/mol. The van der Waals surface area contributed by atoms with Crippen LogP contribution >= 0.6 is 23.2 Å². The van der Waals surface area contributed by atoms with Gasteiger partial charge in [-0.15, -0.1) is 33.4 Å². The number of nitrogens with one attached hydrogen (secondary N) is 2. The first-order chi connectivity index (χ1) is 60.6. The van der Waals surface area contributed by atoms with Gasteiger partial charge in [-0.05, 0) is 202 Å². The molecule has 6 saturated carbocycles. The summed E-state index contributed by atoms with van der Waals surface area (Å²) in [6, 6.07) is 17.4. The van der Waals surface area contributed by atoms with E-state index in [4.69, 9.17) is 71.8 Å². The summed E-state index contributed by atoms with van der Waals surface area (Å²) in [7, 11) is 0. The normalized spacial score (nSPS) is 27.0. The first kappa shape index (κ1) is 94.3. The lowest BCUT2D eigenvalue weighted by Crippen LogP contribution is -2.48. The van der Waals surface area contributed by atoms with Crippen LogP contribution in [0.4, 0.5) is 11.6 Å². The zero-order chi connectivity index (χ0) is 90.6. The number of amides is 2. The zero-order valence-corrected chi connectivity index (χ0v) is 77.9. The third kappa shape index (κ3) is 23.1. The Bertz CT molecular complexity index is 4600. The quantitative estimate of drug-likeness (QED) is 0.0210. The minimum atomic E-state index is -1.13. The largest absolute Gasteiger partial charge is 0.492 e. The number of fused-ring (bicyclic) bond motifs is 4. The van der Waals surface area contributed by atoms with E-state index >= 15 is 0 Å². The van der Waals surface area contributed by atoms with Crippen molar-refractivity contribution in [1.29, 1.82) is 0 Å². The van der Waals surface area contributed by atoms with Crippen molar-refractivity contribution in [2.45, 2.75) is 273 Å². The van der Waals surface area contributed by atoms with Crippen LogP contribution in [-0.4, -0.2) is 226 Å². The summed E-state index contributed by atoms with van der Waals surface area (Å²) in [6.45, 7) is 31.0. The fourth-order valence-electron chi connectivity index (χ4n) is 20.8. The van der Waals surface area contributed by atoms with E-state index in [0.717, 1.165) is 75.7 Å². The number of benzene rings is 2. The molecule has 16 rings (SSSR count). The summed E-state index contributed by atoms with van der Waals surface area (Å²) >= 11 is 9.53. The number of hydrogen-bond donors (Lipinski definition) is 4. The van der Waals surface area contributed by atoms with Crippen LogP contribution in [0, 0.1) is 69.0 Å². The van der Waals surface area contributed by atoms with Gasteiger partial charge in [0.15, 0.2) is 23.2 Å². The molecule has 692 valence electrons. The summed E-state index contributed by atoms with van der Waals surface area (Å²) in [6.07, 6.45) is 17.5. The maximum absolute atomic E-state index is 14.9. The molecule has 0 spiro atoms. The number of pyridine rings is 2. The highest BCUT2D eigenvalue weighted by molar-refractivity contribution is 6.40. The number of nitrogens with zero attached hydrogens (tertiary/aromatic N) is 10. The lowest BCUT2D eigenvalue weighted by Gasteiger charge is -2.35. The van der Waals surface area contributed by atoms with Crippen LogP contribution in [0.5, 0.6) is 23.0 Å². The molecule has 10 aliphatic rings. The van der Waals surface area contributed by atoms with Crippen molar-refractivity contribution < 1.29 is 77.0 Å². The number of carbonyl (C=O) groups is 8. The number of ether oxygens (including phenoxy) is 6. The van der Waals surface area contributed by atoms with E-state index in [1.165, 1.54) is 51.4 Å². The third-order valence-corrected chi connectivity index (χ3v) is 28.4. The molecule has 28 nitrogen and oxygen atoms in total. The molecule has 6 aliphatic carbocycles. The van der Waals surface area contributed by atoms with Gasteiger partial charge >= 0.3 is 23.9 Å². The highest BCUT2D eigenvalue weighted by Crippen LogP contribution is 2.60. The first-order valence-corrected chi connectivity index (χ1v) is 47.9. The fraction of sp³-hybridized carbons (Fsp3) is 0.670. The molecule has 127 heavy (non-hydrogen) atoms. The number of carboxylic acids is 2. The van der Waals surface area contributed by atoms with E-state index in [1.807, 2.05) is 156 Å². The SMILES string of the molecule is CCC1CC1(CC(=O)C1C[C@@H](Oc2cc(-n3ccc(NC(C)C)n3)nc3cc(OCCN4CCCCC4)ccc23)CN1C(=O)[C@@H](CC(=O)OC1CC2CC2C1)C(C)(C)C)C(=O)O.CCC1CC1(CC(=O)C1C[C@@H](Oc2cc(-n3ccc(NC(C)C)n3)nc3cc(OCCN4CCCCC4)ccc23)CN1C(=O)[C@@H](CC(=O)OC1CC2CC2C1)C(C)(C)C)C(=O)O.ClCCl. The van der Waals surface area contributed by atoms with Crippen LogP contribution in [0.2, 0.25) is 0 Å². The van der Waals surface area contributed by atoms with Crippen molar-refractivity contribution in [3.8, 4) is 34.6 Å². The molecule has 2 aromatic carbocycles. The number of aromatic nitrogens is 6. The van der Waals surface area contributed by atoms with E-state index in [2.05, 4.69) is 20.4 Å². The summed E-state index contributed by atoms with van der Waals surface area (Å²) < 4.78 is 41.5. The summed E-state index contributed by atoms with van der Waals surface area (Å²) in [5.41, 5.74) is -2.27. The van der Waals surface area contributed by atoms with Crippen LogP contribution in [-0.2, 0) is 47.8 Å². The second-order valence-corrected chi connectivity index (χ2v) is 41.3. The molecule has 10 unspecified atom stereocenters. The topological polar surface area (TPSA) is 331 Å². The van der Waals surface area contributed by atoms with Gasteiger partial charge in [0.25, 0.3) is 0 Å². The average molecular weight is 1800 g/mol. The van der Waals surface area contributed by atoms with Crippen molar-refractivity contribution >= 4 is 104 Å². The van der Waals surface area contributed by atoms with Crippen molar-refractivity contribution in [3.63, 3.8) is 0 Å². The predicted molar refractivity (Wildman–Crippen MR) is 485 cm³/mol. The van der Waals surface area contributed by atoms with Gasteiger partial charge in [-0.1, -0.05) is 81.1 Å². The molecule has 14 atom stereocenters. The van der Waals surface area contributed by atoms with E-state index in [9.17, 15) is 48.6 Å². The first-order valence-electron chi connectivity index (χ1n) is 46.8. The number of esters is 2. The number of ketones is 2. The van der Waals surface area contributed by atoms with Gasteiger partial charge < -0.3 is 59.1 Å². The van der Waals surface area contributed by atoms with E-state index in [-0.39, 0.29) is 116 Å². The number of carbonyl (C=O) groups excluding carboxylic acids is 6. The Balaban J connectivity index is 0.000000200. The average Bonchev–Trinajstić information content (AvgIpc) is 1.58. The number of halogens is 2. The number of hydrogen-bond acceptors (Lipinski definition) is 22. The van der Waals surface area contributed by atoms with Gasteiger partial charge in [-0.25, -0.2) is 19.3 Å². The lowest BCUT2D eigenvalue weighted by molar-refractivity contribution is -0.157. The van der Waals surface area contributed by atoms with E-state index in [0.29, 0.717) is 120 Å². The number of likely N-dealkylation sites (tertiary alicyclic amines) is 4. The van der Waals surface area contributed by atoms with Crippen molar-refractivity contribution in [3.05, 3.63) is 73.1 Å². The van der Waals surface area contributed by atoms with E-state index < -0.39 is 81.7 Å². The van der Waals surface area contributed by atoms with Gasteiger partial charge in [-0.2, -0.15) is 0 Å². The molecule has 30 heteroatoms. The number of anilines is 2. The molecule has 2 amide bonds. The molecule has 0 radical (unpaired) electrons. The van der Waals surface area contributed by atoms with Gasteiger partial charge in [-0.3, -0.25) is 48.2 Å². The Morgan fingerprint density at radius 2 is 0.874 bits per heavy atom. The number of Topliss-reactive ketones (excluding diaryl/α,β-unsaturated/α-hetero) is 2. The van der Waals surface area contributed by atoms with Gasteiger partial charge in [0.1, 0.15) is 72.3 Å². The van der Waals surface area contributed by atoms with Crippen LogP contribution in [0.1, 0.15) is 224 Å². The molecular formula is C97H134Cl2N12O16. The van der Waals surface area contributed by atoms with Crippen LogP contribution in [0.25, 0.3) is 33.4 Å². The van der Waals surface area contributed by atoms with Crippen molar-refractivity contribution in [1.82, 2.24) is 49.1 Å². The Hall–Kier alpha value is -8.86. The second kappa shape index (κ2) is 40.2. The Kier molecular flexibility index (Phi) is 29.9. The van der Waals surface area contributed by atoms with Gasteiger partial charge in [0.05, 0.1) is 77.1 Å². The lowest BCUT2D eigenvalue weighted by atomic mass is 9.77. The van der Waals surface area contributed by atoms with E-state index in [1.54, 1.807) is 19.2 Å². The molecule has 4 saturated heterocycles. The van der Waals surface area contributed by atoms with Gasteiger partial charge in [0.2, 0.25) is 11.8 Å². The predicted octanol–water partition coefficient (Wildman–Crippen LogP) is 16.0. The maximum atomic E-state index is 14.9. The molecular weight excluding hydrogens is 1660 g/mol. The number of alkyl halides is 2. The van der Waals surface area contributed by atoms with Crippen LogP contribution < -0.4 is 29.6 Å². The summed E-state index contributed by atoms with van der Waals surface area (Å²) in [4.78, 5) is 129. The number of aliphatic carboxylic acids is 2. The molecule has 0 bridgehead atoms. The minimum Gasteiger partial charge on any atom is -0.492 e. The number of carboxylic acid groups (broad SMARTS) is 2. The Morgan fingerprint density at radius 1 is 0.504 bits per heavy atom. The summed E-state index contributed by atoms with van der Waals surface area (Å²) in [5, 5.41) is 38.4. The van der Waals surface area contributed by atoms with Crippen LogP contribution in [0.15, 0.2) is 73.1 Å². The Labute approximate surface area is 757 Å². The molecule has 8 heterocycles. The van der Waals surface area contributed by atoms with Crippen molar-refractivity contribution in [2.24, 2.45) is 69.0 Å². The molecule has 4 N–H and O–H groups in total. The Morgan fingerprint density at radius 3 is 1.20 bits per heavy atom. The molecule has 4 aliphatic heterocycles. The smallest absolute Gasteiger partial charge is 0.310 e. The standard InChI is InChI=1S/2C48H66N6O8.CH2Cl2/c2*1-7-32-26-48(32,46(58)59)27-40(55)39-23-35(28-53(39)45(57)37(47(4,5)6)24-44(56)62-34-20-30-19-31(30)21-34)61-41-25-43(54-16-13-42(51-54)49-29(2)3)50-38-22-33(11-12-36(38)41)60-18-17-52-14-9-8-10-15-52;2-1-3/h2*11-13,16,22,25,29-32,34-35,37,39H,7-10,14-15,17-21,23-24,26-28H2,1-6H3,(H,49,51)(H,58,59);1H2/t2*30?,31?,32?,34?,35-,37-,39?,48?;/m11./s1. The van der Waals surface area contributed by atoms with Gasteiger partial charge in [0, 0.05) is 110 Å². The molecule has 10 fully saturated rings. The third-order valence-electron chi connectivity index (χ3n) is 28.4. The highest BCUT2D eigenvalue weighted by atomic mass is 35.5. The second-order valence-electron chi connectivity index (χ2n) is 40.5. The highest BCUT2D eigenvalue weighted by Gasteiger charge is 2.63. The minimum absolute atomic E-state index is 0.0845. The fourth-order valence-corrected chi connectivity index (χ4v) is 20.8. The number of piperidine rings is 2. The van der Waals surface area contributed by atoms with Crippen LogP contribution in [0.3, 0.4) is 0 Å².